The second kappa shape index (κ2) is 5.13. The summed E-state index contributed by atoms with van der Waals surface area (Å²) in [6.07, 6.45) is 2.52. The Bertz CT molecular complexity index is 541. The van der Waals surface area contributed by atoms with Gasteiger partial charge in [-0.15, -0.1) is 0 Å². The highest BCUT2D eigenvalue weighted by Gasteiger charge is 2.21. The van der Waals surface area contributed by atoms with E-state index in [9.17, 15) is 0 Å². The standard InChI is InChI=1S/C15H19N3O/c1-10(2)11-3-5-12(6-4-11)15-17-14(19-18-15)9-16-13-7-8-13/h3-6,10,13,16H,7-9H2,1-2H3. The number of hydrogen-bond acceptors (Lipinski definition) is 4. The minimum Gasteiger partial charge on any atom is -0.338 e. The van der Waals surface area contributed by atoms with Gasteiger partial charge in [-0.3, -0.25) is 0 Å². The fourth-order valence-corrected chi connectivity index (χ4v) is 1.98. The van der Waals surface area contributed by atoms with Crippen LogP contribution in [-0.4, -0.2) is 16.2 Å². The Kier molecular flexibility index (Phi) is 3.34. The molecule has 4 nitrogen and oxygen atoms in total. The number of hydrogen-bond donors (Lipinski definition) is 1. The third-order valence-corrected chi connectivity index (χ3v) is 3.42. The normalized spacial score (nSPS) is 15.1. The van der Waals surface area contributed by atoms with Crippen LogP contribution in [0.25, 0.3) is 11.4 Å². The van der Waals surface area contributed by atoms with Gasteiger partial charge in [0.2, 0.25) is 11.7 Å². The van der Waals surface area contributed by atoms with Crippen LogP contribution in [0.5, 0.6) is 0 Å². The lowest BCUT2D eigenvalue weighted by atomic mass is 10.0. The molecule has 1 N–H and O–H groups in total. The lowest BCUT2D eigenvalue weighted by molar-refractivity contribution is 0.367. The Morgan fingerprint density at radius 2 is 2.00 bits per heavy atom. The van der Waals surface area contributed by atoms with E-state index in [0.29, 0.717) is 30.2 Å². The number of benzene rings is 1. The lowest BCUT2D eigenvalue weighted by Crippen LogP contribution is -2.15. The molecule has 1 aliphatic carbocycles. The average Bonchev–Trinajstić information content (AvgIpc) is 3.13. The summed E-state index contributed by atoms with van der Waals surface area (Å²) < 4.78 is 5.25. The summed E-state index contributed by atoms with van der Waals surface area (Å²) in [6, 6.07) is 9.01. The molecule has 2 aromatic rings. The van der Waals surface area contributed by atoms with E-state index in [1.54, 1.807) is 0 Å². The van der Waals surface area contributed by atoms with Gasteiger partial charge in [-0.2, -0.15) is 4.98 Å². The molecule has 1 fully saturated rings. The second-order valence-corrected chi connectivity index (χ2v) is 5.44. The Hall–Kier alpha value is -1.68. The Morgan fingerprint density at radius 1 is 1.26 bits per heavy atom. The van der Waals surface area contributed by atoms with Gasteiger partial charge >= 0.3 is 0 Å². The summed E-state index contributed by atoms with van der Waals surface area (Å²) in [4.78, 5) is 4.41. The highest BCUT2D eigenvalue weighted by atomic mass is 16.5. The van der Waals surface area contributed by atoms with E-state index in [0.717, 1.165) is 5.56 Å². The van der Waals surface area contributed by atoms with Gasteiger partial charge in [0.05, 0.1) is 6.54 Å². The van der Waals surface area contributed by atoms with Gasteiger partial charge < -0.3 is 9.84 Å². The van der Waals surface area contributed by atoms with E-state index in [4.69, 9.17) is 4.52 Å². The molecule has 0 aliphatic heterocycles. The minimum absolute atomic E-state index is 0.539. The van der Waals surface area contributed by atoms with Crippen molar-refractivity contribution in [3.8, 4) is 11.4 Å². The van der Waals surface area contributed by atoms with Crippen molar-refractivity contribution in [1.29, 1.82) is 0 Å². The highest BCUT2D eigenvalue weighted by molar-refractivity contribution is 5.54. The molecular formula is C15H19N3O. The second-order valence-electron chi connectivity index (χ2n) is 5.44. The molecule has 0 unspecified atom stereocenters. The van der Waals surface area contributed by atoms with Gasteiger partial charge in [0.25, 0.3) is 0 Å². The third kappa shape index (κ3) is 3.01. The van der Waals surface area contributed by atoms with Crippen LogP contribution >= 0.6 is 0 Å². The molecule has 0 radical (unpaired) electrons. The van der Waals surface area contributed by atoms with Crippen molar-refractivity contribution < 1.29 is 4.52 Å². The van der Waals surface area contributed by atoms with Crippen molar-refractivity contribution in [3.05, 3.63) is 35.7 Å². The van der Waals surface area contributed by atoms with Gasteiger partial charge in [-0.05, 0) is 24.3 Å². The van der Waals surface area contributed by atoms with E-state index >= 15 is 0 Å². The Balaban J connectivity index is 1.70. The first kappa shape index (κ1) is 12.4. The van der Waals surface area contributed by atoms with Crippen molar-refractivity contribution in [1.82, 2.24) is 15.5 Å². The minimum atomic E-state index is 0.539. The van der Waals surface area contributed by atoms with Crippen LogP contribution < -0.4 is 5.32 Å². The number of aromatic nitrogens is 2. The lowest BCUT2D eigenvalue weighted by Gasteiger charge is -2.04. The van der Waals surface area contributed by atoms with Gasteiger partial charge in [0.15, 0.2) is 0 Å². The van der Waals surface area contributed by atoms with Crippen molar-refractivity contribution in [2.24, 2.45) is 0 Å². The summed E-state index contributed by atoms with van der Waals surface area (Å²) >= 11 is 0. The van der Waals surface area contributed by atoms with Gasteiger partial charge in [-0.25, -0.2) is 0 Å². The predicted molar refractivity (Wildman–Crippen MR) is 73.7 cm³/mol. The van der Waals surface area contributed by atoms with E-state index in [1.165, 1.54) is 18.4 Å². The summed E-state index contributed by atoms with van der Waals surface area (Å²) in [7, 11) is 0. The van der Waals surface area contributed by atoms with E-state index < -0.39 is 0 Å². The molecule has 0 atom stereocenters. The van der Waals surface area contributed by atoms with Crippen LogP contribution in [0.15, 0.2) is 28.8 Å². The number of nitrogens with one attached hydrogen (secondary N) is 1. The Labute approximate surface area is 113 Å². The maximum Gasteiger partial charge on any atom is 0.240 e. The van der Waals surface area contributed by atoms with Crippen molar-refractivity contribution in [3.63, 3.8) is 0 Å². The molecule has 0 amide bonds. The SMILES string of the molecule is CC(C)c1ccc(-c2noc(CNC3CC3)n2)cc1. The fourth-order valence-electron chi connectivity index (χ4n) is 1.98. The largest absolute Gasteiger partial charge is 0.338 e. The zero-order valence-corrected chi connectivity index (χ0v) is 11.4. The van der Waals surface area contributed by atoms with Crippen molar-refractivity contribution >= 4 is 0 Å². The zero-order valence-electron chi connectivity index (χ0n) is 11.4. The molecule has 1 heterocycles. The number of rotatable bonds is 5. The summed E-state index contributed by atoms with van der Waals surface area (Å²) in [5.41, 5.74) is 2.33. The zero-order chi connectivity index (χ0) is 13.2. The van der Waals surface area contributed by atoms with Crippen molar-refractivity contribution in [2.75, 3.05) is 0 Å². The molecule has 0 bridgehead atoms. The summed E-state index contributed by atoms with van der Waals surface area (Å²) in [5, 5.41) is 7.40. The summed E-state index contributed by atoms with van der Waals surface area (Å²) in [6.45, 7) is 5.04. The molecule has 19 heavy (non-hydrogen) atoms. The predicted octanol–water partition coefficient (Wildman–Crippen LogP) is 3.11. The molecule has 0 saturated heterocycles. The molecular weight excluding hydrogens is 238 g/mol. The van der Waals surface area contributed by atoms with Crippen LogP contribution in [0.3, 0.4) is 0 Å². The third-order valence-electron chi connectivity index (χ3n) is 3.42. The average molecular weight is 257 g/mol. The number of nitrogens with zero attached hydrogens (tertiary/aromatic N) is 2. The monoisotopic (exact) mass is 257 g/mol. The molecule has 100 valence electrons. The van der Waals surface area contributed by atoms with Crippen LogP contribution in [-0.2, 0) is 6.54 Å². The maximum absolute atomic E-state index is 5.25. The fraction of sp³-hybridized carbons (Fsp3) is 0.467. The van der Waals surface area contributed by atoms with E-state index in [1.807, 2.05) is 0 Å². The molecule has 1 saturated carbocycles. The smallest absolute Gasteiger partial charge is 0.240 e. The summed E-state index contributed by atoms with van der Waals surface area (Å²) in [5.74, 6) is 1.87. The van der Waals surface area contributed by atoms with E-state index in [2.05, 4.69) is 53.6 Å². The first-order valence-electron chi connectivity index (χ1n) is 6.88. The van der Waals surface area contributed by atoms with Gasteiger partial charge in [0.1, 0.15) is 0 Å². The highest BCUT2D eigenvalue weighted by Crippen LogP contribution is 2.21. The van der Waals surface area contributed by atoms with Crippen LogP contribution in [0.2, 0.25) is 0 Å². The molecule has 4 heteroatoms. The molecule has 0 spiro atoms. The molecule has 1 aliphatic rings. The quantitative estimate of drug-likeness (QED) is 0.894. The van der Waals surface area contributed by atoms with Gasteiger partial charge in [0, 0.05) is 11.6 Å². The molecule has 1 aromatic carbocycles. The van der Waals surface area contributed by atoms with Gasteiger partial charge in [-0.1, -0.05) is 43.3 Å². The van der Waals surface area contributed by atoms with E-state index in [-0.39, 0.29) is 0 Å². The first-order valence-corrected chi connectivity index (χ1v) is 6.88. The van der Waals surface area contributed by atoms with Crippen LogP contribution in [0, 0.1) is 0 Å². The molecule has 1 aromatic heterocycles. The maximum atomic E-state index is 5.25. The van der Waals surface area contributed by atoms with Crippen LogP contribution in [0.1, 0.15) is 44.1 Å². The van der Waals surface area contributed by atoms with Crippen molar-refractivity contribution in [2.45, 2.75) is 45.2 Å². The Morgan fingerprint density at radius 3 is 2.63 bits per heavy atom. The molecule has 3 rings (SSSR count). The van der Waals surface area contributed by atoms with Crippen LogP contribution in [0.4, 0.5) is 0 Å². The first-order chi connectivity index (χ1) is 9.22. The topological polar surface area (TPSA) is 51.0 Å².